The molecule has 0 radical (unpaired) electrons. The minimum Gasteiger partial charge on any atom is -0.388 e. The number of aliphatic hydroxyl groups is 1. The van der Waals surface area contributed by atoms with E-state index in [-0.39, 0.29) is 17.4 Å². The second kappa shape index (κ2) is 6.31. The van der Waals surface area contributed by atoms with Gasteiger partial charge in [0.2, 0.25) is 5.91 Å². The Bertz CT molecular complexity index is 696. The van der Waals surface area contributed by atoms with Gasteiger partial charge in [-0.3, -0.25) is 14.2 Å². The highest BCUT2D eigenvalue weighted by molar-refractivity contribution is 5.87. The van der Waals surface area contributed by atoms with Gasteiger partial charge in [0.05, 0.1) is 11.7 Å². The summed E-state index contributed by atoms with van der Waals surface area (Å²) in [7, 11) is 2.94. The number of piperidine rings is 1. The SMILES string of the molecule is C=CC(=O)N1CCC(C(O)c2cn(C)c(=O)n(C)c2=O)CC1. The van der Waals surface area contributed by atoms with Crippen LogP contribution in [0.2, 0.25) is 0 Å². The maximum atomic E-state index is 12.2. The predicted molar refractivity (Wildman–Crippen MR) is 81.4 cm³/mol. The van der Waals surface area contributed by atoms with Crippen molar-refractivity contribution in [2.45, 2.75) is 18.9 Å². The summed E-state index contributed by atoms with van der Waals surface area (Å²) in [6.07, 6.45) is 2.95. The number of nitrogens with zero attached hydrogens (tertiary/aromatic N) is 3. The lowest BCUT2D eigenvalue weighted by molar-refractivity contribution is -0.128. The fourth-order valence-corrected chi connectivity index (χ4v) is 2.86. The number of carbonyl (C=O) groups is 1. The van der Waals surface area contributed by atoms with Gasteiger partial charge in [-0.05, 0) is 24.8 Å². The number of likely N-dealkylation sites (tertiary alicyclic amines) is 1. The molecule has 120 valence electrons. The third kappa shape index (κ3) is 2.89. The van der Waals surface area contributed by atoms with Crippen molar-refractivity contribution in [3.8, 4) is 0 Å². The number of aromatic nitrogens is 2. The molecule has 2 rings (SSSR count). The number of amides is 1. The molecule has 1 N–H and O–H groups in total. The predicted octanol–water partition coefficient (Wildman–Crippen LogP) is -0.458. The minimum atomic E-state index is -0.938. The van der Waals surface area contributed by atoms with Crippen molar-refractivity contribution in [1.29, 1.82) is 0 Å². The standard InChI is InChI=1S/C15H21N3O4/c1-4-12(19)18-7-5-10(6-8-18)13(20)11-9-16(2)15(22)17(3)14(11)21/h4,9-10,13,20H,1,5-8H2,2-3H3. The Hall–Kier alpha value is -2.15. The molecule has 1 aromatic rings. The van der Waals surface area contributed by atoms with Gasteiger partial charge in [0.15, 0.2) is 0 Å². The van der Waals surface area contributed by atoms with Gasteiger partial charge in [0.1, 0.15) is 0 Å². The Morgan fingerprint density at radius 1 is 1.36 bits per heavy atom. The van der Waals surface area contributed by atoms with E-state index in [0.29, 0.717) is 25.9 Å². The van der Waals surface area contributed by atoms with Crippen molar-refractivity contribution in [1.82, 2.24) is 14.0 Å². The molecular weight excluding hydrogens is 286 g/mol. The lowest BCUT2D eigenvalue weighted by atomic mass is 9.88. The summed E-state index contributed by atoms with van der Waals surface area (Å²) < 4.78 is 2.28. The molecule has 1 fully saturated rings. The van der Waals surface area contributed by atoms with Crippen molar-refractivity contribution in [2.24, 2.45) is 20.0 Å². The summed E-state index contributed by atoms with van der Waals surface area (Å²) in [6.45, 7) is 4.51. The molecule has 1 aromatic heterocycles. The minimum absolute atomic E-state index is 0.112. The van der Waals surface area contributed by atoms with Crippen LogP contribution < -0.4 is 11.2 Å². The van der Waals surface area contributed by atoms with E-state index < -0.39 is 17.4 Å². The van der Waals surface area contributed by atoms with Crippen LogP contribution in [0, 0.1) is 5.92 Å². The summed E-state index contributed by atoms with van der Waals surface area (Å²) in [5.74, 6) is -0.231. The Labute approximate surface area is 128 Å². The van der Waals surface area contributed by atoms with Crippen molar-refractivity contribution in [3.63, 3.8) is 0 Å². The summed E-state index contributed by atoms with van der Waals surface area (Å²) in [5, 5.41) is 10.5. The molecule has 0 bridgehead atoms. The molecule has 7 nitrogen and oxygen atoms in total. The van der Waals surface area contributed by atoms with E-state index in [1.807, 2.05) is 0 Å². The molecule has 1 unspecified atom stereocenters. The molecule has 7 heteroatoms. The van der Waals surface area contributed by atoms with E-state index in [9.17, 15) is 19.5 Å². The van der Waals surface area contributed by atoms with Crippen molar-refractivity contribution < 1.29 is 9.90 Å². The second-order valence-corrected chi connectivity index (χ2v) is 5.65. The highest BCUT2D eigenvalue weighted by atomic mass is 16.3. The topological polar surface area (TPSA) is 84.5 Å². The van der Waals surface area contributed by atoms with Gasteiger partial charge >= 0.3 is 5.69 Å². The highest BCUT2D eigenvalue weighted by Gasteiger charge is 2.29. The van der Waals surface area contributed by atoms with E-state index in [1.165, 1.54) is 23.9 Å². The monoisotopic (exact) mass is 307 g/mol. The molecule has 22 heavy (non-hydrogen) atoms. The average molecular weight is 307 g/mol. The lowest BCUT2D eigenvalue weighted by Gasteiger charge is -2.33. The lowest BCUT2D eigenvalue weighted by Crippen LogP contribution is -2.42. The van der Waals surface area contributed by atoms with Gasteiger partial charge in [-0.15, -0.1) is 0 Å². The average Bonchev–Trinajstić information content (AvgIpc) is 2.55. The molecule has 0 spiro atoms. The third-order valence-corrected chi connectivity index (χ3v) is 4.26. The zero-order valence-electron chi connectivity index (χ0n) is 12.9. The molecule has 0 aliphatic carbocycles. The fourth-order valence-electron chi connectivity index (χ4n) is 2.86. The van der Waals surface area contributed by atoms with E-state index in [4.69, 9.17) is 0 Å². The second-order valence-electron chi connectivity index (χ2n) is 5.65. The Kier molecular flexibility index (Phi) is 4.65. The molecule has 1 aliphatic heterocycles. The quantitative estimate of drug-likeness (QED) is 0.766. The van der Waals surface area contributed by atoms with Crippen LogP contribution in [0.4, 0.5) is 0 Å². The molecule has 1 saturated heterocycles. The number of carbonyl (C=O) groups excluding carboxylic acids is 1. The molecular formula is C15H21N3O4. The maximum Gasteiger partial charge on any atom is 0.330 e. The van der Waals surface area contributed by atoms with Gasteiger partial charge < -0.3 is 14.6 Å². The van der Waals surface area contributed by atoms with Crippen molar-refractivity contribution >= 4 is 5.91 Å². The van der Waals surface area contributed by atoms with Gasteiger partial charge in [-0.25, -0.2) is 4.79 Å². The van der Waals surface area contributed by atoms with Gasteiger partial charge in [0, 0.05) is 33.4 Å². The van der Waals surface area contributed by atoms with Gasteiger partial charge in [-0.1, -0.05) is 6.58 Å². The Morgan fingerprint density at radius 3 is 2.50 bits per heavy atom. The Balaban J connectivity index is 2.19. The van der Waals surface area contributed by atoms with Crippen LogP contribution in [-0.4, -0.2) is 38.1 Å². The van der Waals surface area contributed by atoms with Gasteiger partial charge in [0.25, 0.3) is 5.56 Å². The van der Waals surface area contributed by atoms with Crippen molar-refractivity contribution in [2.75, 3.05) is 13.1 Å². The number of hydrogen-bond acceptors (Lipinski definition) is 4. The molecule has 1 atom stereocenters. The number of rotatable bonds is 3. The van der Waals surface area contributed by atoms with E-state index in [0.717, 1.165) is 4.57 Å². The smallest absolute Gasteiger partial charge is 0.330 e. The molecule has 0 aromatic carbocycles. The first-order valence-electron chi connectivity index (χ1n) is 7.22. The molecule has 2 heterocycles. The van der Waals surface area contributed by atoms with Crippen molar-refractivity contribution in [3.05, 3.63) is 45.3 Å². The van der Waals surface area contributed by atoms with Gasteiger partial charge in [-0.2, -0.15) is 0 Å². The third-order valence-electron chi connectivity index (χ3n) is 4.26. The number of hydrogen-bond donors (Lipinski definition) is 1. The maximum absolute atomic E-state index is 12.2. The first-order chi connectivity index (χ1) is 10.4. The number of aryl methyl sites for hydroxylation is 1. The van der Waals surface area contributed by atoms with E-state index in [1.54, 1.807) is 11.9 Å². The van der Waals surface area contributed by atoms with Crippen LogP contribution in [0.3, 0.4) is 0 Å². The normalized spacial score (nSPS) is 17.3. The first kappa shape index (κ1) is 16.2. The van der Waals surface area contributed by atoms with Crippen LogP contribution in [0.1, 0.15) is 24.5 Å². The molecule has 1 aliphatic rings. The van der Waals surface area contributed by atoms with E-state index >= 15 is 0 Å². The number of aliphatic hydroxyl groups excluding tert-OH is 1. The largest absolute Gasteiger partial charge is 0.388 e. The summed E-state index contributed by atoms with van der Waals surface area (Å²) in [5.41, 5.74) is -0.675. The summed E-state index contributed by atoms with van der Waals surface area (Å²) in [6, 6.07) is 0. The van der Waals surface area contributed by atoms with Crippen LogP contribution in [0.5, 0.6) is 0 Å². The molecule has 1 amide bonds. The van der Waals surface area contributed by atoms with Crippen LogP contribution >= 0.6 is 0 Å². The van der Waals surface area contributed by atoms with Crippen LogP contribution in [0.25, 0.3) is 0 Å². The zero-order chi connectivity index (χ0) is 16.4. The first-order valence-corrected chi connectivity index (χ1v) is 7.22. The Morgan fingerprint density at radius 2 is 1.95 bits per heavy atom. The highest BCUT2D eigenvalue weighted by Crippen LogP contribution is 2.29. The summed E-state index contributed by atoms with van der Waals surface area (Å²) >= 11 is 0. The summed E-state index contributed by atoms with van der Waals surface area (Å²) in [4.78, 5) is 37.1. The van der Waals surface area contributed by atoms with Crippen LogP contribution in [0.15, 0.2) is 28.4 Å². The zero-order valence-corrected chi connectivity index (χ0v) is 12.9. The molecule has 0 saturated carbocycles. The van der Waals surface area contributed by atoms with E-state index in [2.05, 4.69) is 6.58 Å². The fraction of sp³-hybridized carbons (Fsp3) is 0.533. The van der Waals surface area contributed by atoms with Crippen LogP contribution in [-0.2, 0) is 18.9 Å².